The normalized spacial score (nSPS) is 11.3. The van der Waals surface area contributed by atoms with Gasteiger partial charge in [0.15, 0.2) is 5.82 Å². The Kier molecular flexibility index (Phi) is 5.00. The van der Waals surface area contributed by atoms with Crippen molar-refractivity contribution in [2.75, 3.05) is 0 Å². The summed E-state index contributed by atoms with van der Waals surface area (Å²) in [6.07, 6.45) is -3.59. The standard InChI is InChI=1S/C18H10ClF3N2O3/c19-13-7-6-11(18(20,21)22)8-14(13)27-16-12(17(25)26)9-23-15(24-16)10-4-2-1-3-5-10/h1-9H,(H,25,26). The van der Waals surface area contributed by atoms with Crippen LogP contribution in [0.5, 0.6) is 11.6 Å². The van der Waals surface area contributed by atoms with E-state index in [9.17, 15) is 23.1 Å². The molecule has 27 heavy (non-hydrogen) atoms. The largest absolute Gasteiger partial charge is 0.477 e. The molecule has 1 aromatic heterocycles. The van der Waals surface area contributed by atoms with Crippen LogP contribution in [0.25, 0.3) is 11.4 Å². The summed E-state index contributed by atoms with van der Waals surface area (Å²) in [4.78, 5) is 19.4. The Labute approximate surface area is 156 Å². The van der Waals surface area contributed by atoms with Crippen molar-refractivity contribution in [1.29, 1.82) is 0 Å². The molecule has 0 aliphatic heterocycles. The summed E-state index contributed by atoms with van der Waals surface area (Å²) in [6, 6.07) is 11.1. The average Bonchev–Trinajstić information content (AvgIpc) is 2.63. The molecule has 2 aromatic carbocycles. The van der Waals surface area contributed by atoms with Crippen LogP contribution in [0, 0.1) is 0 Å². The molecule has 138 valence electrons. The number of nitrogens with zero attached hydrogens (tertiary/aromatic N) is 2. The van der Waals surface area contributed by atoms with Crippen molar-refractivity contribution in [1.82, 2.24) is 9.97 Å². The summed E-state index contributed by atoms with van der Waals surface area (Å²) in [5, 5.41) is 9.16. The summed E-state index contributed by atoms with van der Waals surface area (Å²) in [5.74, 6) is -2.03. The first-order valence-corrected chi connectivity index (χ1v) is 7.84. The minimum atomic E-state index is -4.61. The zero-order valence-corrected chi connectivity index (χ0v) is 14.1. The van der Waals surface area contributed by atoms with E-state index in [-0.39, 0.29) is 16.6 Å². The number of ether oxygens (including phenoxy) is 1. The lowest BCUT2D eigenvalue weighted by atomic mass is 10.2. The molecule has 3 rings (SSSR count). The van der Waals surface area contributed by atoms with Crippen LogP contribution >= 0.6 is 11.6 Å². The maximum Gasteiger partial charge on any atom is 0.416 e. The van der Waals surface area contributed by atoms with Crippen LogP contribution in [0.1, 0.15) is 15.9 Å². The number of hydrogen-bond acceptors (Lipinski definition) is 4. The van der Waals surface area contributed by atoms with Crippen molar-refractivity contribution in [2.24, 2.45) is 0 Å². The number of rotatable bonds is 4. The van der Waals surface area contributed by atoms with E-state index in [0.29, 0.717) is 11.6 Å². The Hall–Kier alpha value is -3.13. The molecule has 0 aliphatic carbocycles. The van der Waals surface area contributed by atoms with Crippen LogP contribution in [-0.4, -0.2) is 21.0 Å². The van der Waals surface area contributed by atoms with Crippen LogP contribution in [0.2, 0.25) is 5.02 Å². The Morgan fingerprint density at radius 2 is 1.81 bits per heavy atom. The number of alkyl halides is 3. The van der Waals surface area contributed by atoms with E-state index in [1.54, 1.807) is 30.3 Å². The molecule has 0 amide bonds. The van der Waals surface area contributed by atoms with E-state index in [1.807, 2.05) is 0 Å². The van der Waals surface area contributed by atoms with Gasteiger partial charge in [-0.15, -0.1) is 0 Å². The SMILES string of the molecule is O=C(O)c1cnc(-c2ccccc2)nc1Oc1cc(C(F)(F)F)ccc1Cl. The van der Waals surface area contributed by atoms with Crippen LogP contribution in [0.15, 0.2) is 54.7 Å². The zero-order valence-electron chi connectivity index (χ0n) is 13.4. The molecule has 0 unspecified atom stereocenters. The molecule has 0 spiro atoms. The maximum atomic E-state index is 12.9. The van der Waals surface area contributed by atoms with E-state index >= 15 is 0 Å². The van der Waals surface area contributed by atoms with Gasteiger partial charge in [-0.05, 0) is 18.2 Å². The van der Waals surface area contributed by atoms with Gasteiger partial charge in [-0.25, -0.2) is 9.78 Å². The molecule has 5 nitrogen and oxygen atoms in total. The number of carbonyl (C=O) groups is 1. The molecule has 0 fully saturated rings. The second-order valence-corrected chi connectivity index (χ2v) is 5.74. The Morgan fingerprint density at radius 1 is 1.11 bits per heavy atom. The number of halogens is 4. The van der Waals surface area contributed by atoms with E-state index in [1.165, 1.54) is 0 Å². The van der Waals surface area contributed by atoms with Gasteiger partial charge in [0.1, 0.15) is 11.3 Å². The van der Waals surface area contributed by atoms with Crippen molar-refractivity contribution in [3.05, 3.63) is 70.9 Å². The smallest absolute Gasteiger partial charge is 0.416 e. The molecule has 0 saturated heterocycles. The van der Waals surface area contributed by atoms with Crippen LogP contribution in [0.4, 0.5) is 13.2 Å². The molecular formula is C18H10ClF3N2O3. The van der Waals surface area contributed by atoms with Gasteiger partial charge in [0.05, 0.1) is 10.6 Å². The maximum absolute atomic E-state index is 12.9. The van der Waals surface area contributed by atoms with Gasteiger partial charge in [0.25, 0.3) is 0 Å². The first kappa shape index (κ1) is 18.7. The molecule has 1 heterocycles. The highest BCUT2D eigenvalue weighted by Gasteiger charge is 2.31. The quantitative estimate of drug-likeness (QED) is 0.649. The third kappa shape index (κ3) is 4.17. The fourth-order valence-corrected chi connectivity index (χ4v) is 2.34. The van der Waals surface area contributed by atoms with Gasteiger partial charge >= 0.3 is 12.1 Å². The minimum Gasteiger partial charge on any atom is -0.477 e. The predicted molar refractivity (Wildman–Crippen MR) is 91.0 cm³/mol. The van der Waals surface area contributed by atoms with Crippen molar-refractivity contribution >= 4 is 17.6 Å². The predicted octanol–water partition coefficient (Wildman–Crippen LogP) is 5.31. The third-order valence-electron chi connectivity index (χ3n) is 3.48. The lowest BCUT2D eigenvalue weighted by Crippen LogP contribution is -2.07. The van der Waals surface area contributed by atoms with Crippen LogP contribution < -0.4 is 4.74 Å². The average molecular weight is 395 g/mol. The molecule has 0 aliphatic rings. The van der Waals surface area contributed by atoms with Crippen molar-refractivity contribution in [2.45, 2.75) is 6.18 Å². The highest BCUT2D eigenvalue weighted by molar-refractivity contribution is 6.32. The van der Waals surface area contributed by atoms with Gasteiger partial charge in [0, 0.05) is 11.8 Å². The van der Waals surface area contributed by atoms with Crippen molar-refractivity contribution < 1.29 is 27.8 Å². The molecule has 0 bridgehead atoms. The Bertz CT molecular complexity index is 995. The zero-order chi connectivity index (χ0) is 19.6. The lowest BCUT2D eigenvalue weighted by Gasteiger charge is -2.13. The number of hydrogen-bond donors (Lipinski definition) is 1. The number of carboxylic acid groups (broad SMARTS) is 1. The molecule has 1 N–H and O–H groups in total. The molecule has 0 atom stereocenters. The Balaban J connectivity index is 2.07. The number of aromatic nitrogens is 2. The number of benzene rings is 2. The van der Waals surface area contributed by atoms with Gasteiger partial charge in [-0.2, -0.15) is 18.2 Å². The lowest BCUT2D eigenvalue weighted by molar-refractivity contribution is -0.137. The third-order valence-corrected chi connectivity index (χ3v) is 3.79. The van der Waals surface area contributed by atoms with Gasteiger partial charge in [0.2, 0.25) is 5.88 Å². The second-order valence-electron chi connectivity index (χ2n) is 5.33. The van der Waals surface area contributed by atoms with E-state index in [0.717, 1.165) is 18.3 Å². The number of aromatic carboxylic acids is 1. The highest BCUT2D eigenvalue weighted by Crippen LogP contribution is 2.37. The fraction of sp³-hybridized carbons (Fsp3) is 0.0556. The van der Waals surface area contributed by atoms with E-state index < -0.39 is 29.2 Å². The van der Waals surface area contributed by atoms with Crippen molar-refractivity contribution in [3.63, 3.8) is 0 Å². The van der Waals surface area contributed by atoms with Gasteiger partial charge in [-0.3, -0.25) is 0 Å². The molecule has 3 aromatic rings. The van der Waals surface area contributed by atoms with Crippen LogP contribution in [0.3, 0.4) is 0 Å². The first-order valence-electron chi connectivity index (χ1n) is 7.46. The van der Waals surface area contributed by atoms with E-state index in [4.69, 9.17) is 16.3 Å². The monoisotopic (exact) mass is 394 g/mol. The summed E-state index contributed by atoms with van der Waals surface area (Å²) in [7, 11) is 0. The van der Waals surface area contributed by atoms with Crippen molar-refractivity contribution in [3.8, 4) is 23.0 Å². The van der Waals surface area contributed by atoms with Gasteiger partial charge in [-0.1, -0.05) is 41.9 Å². The van der Waals surface area contributed by atoms with Crippen LogP contribution in [-0.2, 0) is 6.18 Å². The summed E-state index contributed by atoms with van der Waals surface area (Å²) in [5.41, 5.74) is -0.825. The fourth-order valence-electron chi connectivity index (χ4n) is 2.18. The highest BCUT2D eigenvalue weighted by atomic mass is 35.5. The molecule has 0 saturated carbocycles. The molecule has 0 radical (unpaired) electrons. The first-order chi connectivity index (χ1) is 12.8. The summed E-state index contributed by atoms with van der Waals surface area (Å²) in [6.45, 7) is 0. The summed E-state index contributed by atoms with van der Waals surface area (Å²) >= 11 is 5.90. The molecule has 9 heteroatoms. The van der Waals surface area contributed by atoms with Gasteiger partial charge < -0.3 is 9.84 Å². The van der Waals surface area contributed by atoms with E-state index in [2.05, 4.69) is 9.97 Å². The Morgan fingerprint density at radius 3 is 2.44 bits per heavy atom. The molecular weight excluding hydrogens is 385 g/mol. The summed E-state index contributed by atoms with van der Waals surface area (Å²) < 4.78 is 44.1. The topological polar surface area (TPSA) is 72.3 Å². The minimum absolute atomic E-state index is 0.126. The number of carboxylic acids is 1. The second kappa shape index (κ2) is 7.24.